The molecular formula is C11H10N6O2. The van der Waals surface area contributed by atoms with E-state index in [0.717, 1.165) is 0 Å². The van der Waals surface area contributed by atoms with Crippen LogP contribution in [0.4, 0.5) is 5.95 Å². The maximum absolute atomic E-state index is 8.96. The summed E-state index contributed by atoms with van der Waals surface area (Å²) in [6.45, 7) is 0. The van der Waals surface area contributed by atoms with Crippen molar-refractivity contribution >= 4 is 5.95 Å². The lowest BCUT2D eigenvalue weighted by Crippen LogP contribution is -2.12. The van der Waals surface area contributed by atoms with E-state index in [1.165, 1.54) is 7.11 Å². The third kappa shape index (κ3) is 2.85. The van der Waals surface area contributed by atoms with Crippen LogP contribution in [0.1, 0.15) is 5.56 Å². The summed E-state index contributed by atoms with van der Waals surface area (Å²) in [5.74, 6) is 5.65. The highest BCUT2D eigenvalue weighted by Crippen LogP contribution is 2.23. The molecule has 0 aliphatic rings. The lowest BCUT2D eigenvalue weighted by atomic mass is 10.2. The second-order valence-corrected chi connectivity index (χ2v) is 3.28. The van der Waals surface area contributed by atoms with Crippen molar-refractivity contribution < 1.29 is 9.47 Å². The lowest BCUT2D eigenvalue weighted by Gasteiger charge is -2.07. The molecule has 0 amide bonds. The number of nitrogens with zero attached hydrogens (tertiary/aromatic N) is 4. The van der Waals surface area contributed by atoms with Crippen LogP contribution in [-0.4, -0.2) is 22.1 Å². The van der Waals surface area contributed by atoms with Gasteiger partial charge >= 0.3 is 12.0 Å². The topological polar surface area (TPSA) is 119 Å². The van der Waals surface area contributed by atoms with Gasteiger partial charge in [0, 0.05) is 0 Å². The fourth-order valence-electron chi connectivity index (χ4n) is 1.29. The molecule has 2 rings (SSSR count). The van der Waals surface area contributed by atoms with Crippen LogP contribution in [0, 0.1) is 11.3 Å². The van der Waals surface area contributed by atoms with Crippen molar-refractivity contribution in [3.05, 3.63) is 29.8 Å². The van der Waals surface area contributed by atoms with E-state index in [2.05, 4.69) is 20.4 Å². The molecule has 0 bridgehead atoms. The Morgan fingerprint density at radius 1 is 1.21 bits per heavy atom. The number of ether oxygens (including phenoxy) is 2. The monoisotopic (exact) mass is 258 g/mol. The Morgan fingerprint density at radius 3 is 2.63 bits per heavy atom. The average Bonchev–Trinajstić information content (AvgIpc) is 2.47. The molecule has 96 valence electrons. The smallest absolute Gasteiger partial charge is 0.330 e. The van der Waals surface area contributed by atoms with Crippen molar-refractivity contribution in [2.75, 3.05) is 12.5 Å². The van der Waals surface area contributed by atoms with Gasteiger partial charge in [-0.1, -0.05) is 12.1 Å². The number of nitriles is 1. The van der Waals surface area contributed by atoms with Gasteiger partial charge in [-0.2, -0.15) is 15.2 Å². The van der Waals surface area contributed by atoms with Gasteiger partial charge in [0.25, 0.3) is 0 Å². The molecule has 0 saturated carbocycles. The molecule has 0 spiro atoms. The summed E-state index contributed by atoms with van der Waals surface area (Å²) in [6, 6.07) is 8.74. The molecule has 0 fully saturated rings. The summed E-state index contributed by atoms with van der Waals surface area (Å²) < 4.78 is 10.3. The number of methoxy groups -OCH3 is 1. The van der Waals surface area contributed by atoms with Gasteiger partial charge in [0.1, 0.15) is 11.8 Å². The number of nitrogen functional groups attached to an aromatic ring is 1. The molecule has 0 aliphatic carbocycles. The van der Waals surface area contributed by atoms with E-state index in [-0.39, 0.29) is 18.0 Å². The zero-order valence-corrected chi connectivity index (χ0v) is 9.99. The number of anilines is 1. The highest BCUT2D eigenvalue weighted by Gasteiger charge is 2.10. The second kappa shape index (κ2) is 5.61. The molecule has 19 heavy (non-hydrogen) atoms. The van der Waals surface area contributed by atoms with Gasteiger partial charge in [-0.25, -0.2) is 5.84 Å². The number of hydrazine groups is 1. The Morgan fingerprint density at radius 2 is 1.95 bits per heavy atom. The maximum atomic E-state index is 8.96. The Hall–Kier alpha value is -2.92. The third-order valence-corrected chi connectivity index (χ3v) is 2.11. The van der Waals surface area contributed by atoms with Crippen molar-refractivity contribution in [3.8, 4) is 23.8 Å². The van der Waals surface area contributed by atoms with Crippen molar-refractivity contribution in [2.24, 2.45) is 5.84 Å². The third-order valence-electron chi connectivity index (χ3n) is 2.11. The van der Waals surface area contributed by atoms with Crippen LogP contribution in [0.2, 0.25) is 0 Å². The van der Waals surface area contributed by atoms with Crippen molar-refractivity contribution in [3.63, 3.8) is 0 Å². The van der Waals surface area contributed by atoms with Gasteiger partial charge in [0.05, 0.1) is 12.7 Å². The first-order valence-corrected chi connectivity index (χ1v) is 5.20. The molecule has 0 aliphatic heterocycles. The molecule has 0 radical (unpaired) electrons. The number of rotatable bonds is 4. The quantitative estimate of drug-likeness (QED) is 0.611. The standard InChI is InChI=1S/C11H10N6O2/c1-18-10-14-9(17-13)15-11(16-10)19-8-5-3-2-4-7(8)6-12/h2-5H,13H2,1H3,(H,14,15,16,17). The summed E-state index contributed by atoms with van der Waals surface area (Å²) in [4.78, 5) is 11.6. The number of hydrogen-bond acceptors (Lipinski definition) is 8. The van der Waals surface area contributed by atoms with E-state index >= 15 is 0 Å². The average molecular weight is 258 g/mol. The fourth-order valence-corrected chi connectivity index (χ4v) is 1.29. The normalized spacial score (nSPS) is 9.53. The minimum Gasteiger partial charge on any atom is -0.467 e. The molecule has 1 aromatic heterocycles. The zero-order valence-electron chi connectivity index (χ0n) is 9.99. The van der Waals surface area contributed by atoms with Crippen LogP contribution in [0.3, 0.4) is 0 Å². The van der Waals surface area contributed by atoms with Gasteiger partial charge in [-0.05, 0) is 12.1 Å². The first kappa shape index (κ1) is 12.5. The van der Waals surface area contributed by atoms with E-state index in [0.29, 0.717) is 11.3 Å². The number of hydrogen-bond donors (Lipinski definition) is 2. The number of benzene rings is 1. The molecule has 1 aromatic carbocycles. The molecule has 1 heterocycles. The van der Waals surface area contributed by atoms with Gasteiger partial charge in [0.15, 0.2) is 0 Å². The SMILES string of the molecule is COc1nc(NN)nc(Oc2ccccc2C#N)n1. The number of aromatic nitrogens is 3. The van der Waals surface area contributed by atoms with Gasteiger partial charge < -0.3 is 9.47 Å². The summed E-state index contributed by atoms with van der Waals surface area (Å²) in [7, 11) is 1.41. The van der Waals surface area contributed by atoms with Crippen molar-refractivity contribution in [2.45, 2.75) is 0 Å². The minimum atomic E-state index is -0.0255. The summed E-state index contributed by atoms with van der Waals surface area (Å²) >= 11 is 0. The van der Waals surface area contributed by atoms with Gasteiger partial charge in [-0.3, -0.25) is 5.43 Å². The first-order valence-electron chi connectivity index (χ1n) is 5.20. The van der Waals surface area contributed by atoms with E-state index < -0.39 is 0 Å². The van der Waals surface area contributed by atoms with E-state index in [1.807, 2.05) is 6.07 Å². The Balaban J connectivity index is 2.35. The number of nitrogens with two attached hydrogens (primary N) is 1. The van der Waals surface area contributed by atoms with E-state index in [4.69, 9.17) is 20.6 Å². The van der Waals surface area contributed by atoms with Crippen molar-refractivity contribution in [1.29, 1.82) is 5.26 Å². The molecule has 0 unspecified atom stereocenters. The first-order chi connectivity index (χ1) is 9.26. The Kier molecular flexibility index (Phi) is 3.70. The molecule has 2 aromatic rings. The molecule has 8 nitrogen and oxygen atoms in total. The van der Waals surface area contributed by atoms with Crippen molar-refractivity contribution in [1.82, 2.24) is 15.0 Å². The second-order valence-electron chi connectivity index (χ2n) is 3.28. The summed E-state index contributed by atoms with van der Waals surface area (Å²) in [5.41, 5.74) is 2.63. The van der Waals surface area contributed by atoms with Crippen LogP contribution in [0.5, 0.6) is 17.8 Å². The van der Waals surface area contributed by atoms with Crippen LogP contribution in [-0.2, 0) is 0 Å². The molecule has 8 heteroatoms. The van der Waals surface area contributed by atoms with Gasteiger partial charge in [0.2, 0.25) is 5.95 Å². The molecule has 0 atom stereocenters. The van der Waals surface area contributed by atoms with Crippen LogP contribution >= 0.6 is 0 Å². The minimum absolute atomic E-state index is 0.0255. The maximum Gasteiger partial charge on any atom is 0.330 e. The zero-order chi connectivity index (χ0) is 13.7. The van der Waals surface area contributed by atoms with E-state index in [1.54, 1.807) is 24.3 Å². The Labute approximate surface area is 108 Å². The van der Waals surface area contributed by atoms with Crippen LogP contribution < -0.4 is 20.7 Å². The molecule has 0 saturated heterocycles. The predicted octanol–water partition coefficient (Wildman–Crippen LogP) is 0.830. The predicted molar refractivity (Wildman–Crippen MR) is 65.4 cm³/mol. The fraction of sp³-hybridized carbons (Fsp3) is 0.0909. The highest BCUT2D eigenvalue weighted by atomic mass is 16.5. The summed E-state index contributed by atoms with van der Waals surface area (Å²) in [5, 5.41) is 8.96. The van der Waals surface area contributed by atoms with E-state index in [9.17, 15) is 0 Å². The molecule has 3 N–H and O–H groups in total. The highest BCUT2D eigenvalue weighted by molar-refractivity contribution is 5.44. The van der Waals surface area contributed by atoms with Crippen LogP contribution in [0.25, 0.3) is 0 Å². The van der Waals surface area contributed by atoms with Crippen LogP contribution in [0.15, 0.2) is 24.3 Å². The molecular weight excluding hydrogens is 248 g/mol. The Bertz CT molecular complexity index is 603. The summed E-state index contributed by atoms with van der Waals surface area (Å²) in [6.07, 6.45) is 0. The number of nitrogens with one attached hydrogen (secondary N) is 1. The number of para-hydroxylation sites is 1. The lowest BCUT2D eigenvalue weighted by molar-refractivity contribution is 0.360. The largest absolute Gasteiger partial charge is 0.467 e. The van der Waals surface area contributed by atoms with Gasteiger partial charge in [-0.15, -0.1) is 4.98 Å².